The van der Waals surface area contributed by atoms with Crippen LogP contribution >= 0.6 is 11.3 Å². The van der Waals surface area contributed by atoms with E-state index in [-0.39, 0.29) is 31.4 Å². The van der Waals surface area contributed by atoms with E-state index in [0.717, 1.165) is 39.9 Å². The Bertz CT molecular complexity index is 1290. The number of fused-ring (bicyclic) bond motifs is 1. The van der Waals surface area contributed by atoms with E-state index in [2.05, 4.69) is 5.32 Å². The lowest BCUT2D eigenvalue weighted by molar-refractivity contribution is -0.142. The molecular formula is C30H38N4O4S. The van der Waals surface area contributed by atoms with Gasteiger partial charge in [0.05, 0.1) is 34.7 Å². The van der Waals surface area contributed by atoms with E-state index < -0.39 is 5.97 Å². The van der Waals surface area contributed by atoms with Gasteiger partial charge in [-0.2, -0.15) is 0 Å². The van der Waals surface area contributed by atoms with Crippen molar-refractivity contribution in [2.75, 3.05) is 32.7 Å². The van der Waals surface area contributed by atoms with Crippen molar-refractivity contribution in [3.63, 3.8) is 0 Å². The van der Waals surface area contributed by atoms with Gasteiger partial charge in [0.25, 0.3) is 5.91 Å². The molecule has 1 saturated carbocycles. The molecule has 3 heterocycles. The molecule has 39 heavy (non-hydrogen) atoms. The second kappa shape index (κ2) is 13.7. The lowest BCUT2D eigenvalue weighted by atomic mass is 9.89. The number of aromatic nitrogens is 1. The third-order valence-corrected chi connectivity index (χ3v) is 8.23. The molecule has 2 aliphatic rings. The molecule has 8 nitrogen and oxygen atoms in total. The molecule has 2 amide bonds. The van der Waals surface area contributed by atoms with Gasteiger partial charge in [-0.25, -0.2) is 4.98 Å². The number of carbonyl (C=O) groups is 3. The summed E-state index contributed by atoms with van der Waals surface area (Å²) in [5.74, 6) is -0.730. The molecule has 1 aliphatic heterocycles. The number of nitrogens with one attached hydrogen (secondary N) is 1. The number of amides is 2. The maximum absolute atomic E-state index is 13.8. The fraction of sp³-hybridized carbons (Fsp3) is 0.467. The van der Waals surface area contributed by atoms with Gasteiger partial charge in [0.15, 0.2) is 0 Å². The van der Waals surface area contributed by atoms with E-state index in [1.165, 1.54) is 19.3 Å². The van der Waals surface area contributed by atoms with Crippen molar-refractivity contribution in [3.8, 4) is 10.6 Å². The number of piperazine rings is 1. The van der Waals surface area contributed by atoms with Crippen molar-refractivity contribution in [1.29, 1.82) is 0 Å². The summed E-state index contributed by atoms with van der Waals surface area (Å²) in [6.45, 7) is 5.65. The normalized spacial score (nSPS) is 16.6. The second-order valence-electron chi connectivity index (χ2n) is 9.94. The Morgan fingerprint density at radius 2 is 1.85 bits per heavy atom. The van der Waals surface area contributed by atoms with E-state index >= 15 is 0 Å². The van der Waals surface area contributed by atoms with E-state index in [1.54, 1.807) is 21.1 Å². The number of hydrogen-bond acceptors (Lipinski definition) is 6. The van der Waals surface area contributed by atoms with E-state index in [1.807, 2.05) is 55.6 Å². The lowest BCUT2D eigenvalue weighted by Crippen LogP contribution is -2.51. The van der Waals surface area contributed by atoms with Crippen LogP contribution in [-0.4, -0.2) is 70.4 Å². The first-order valence-corrected chi connectivity index (χ1v) is 14.8. The summed E-state index contributed by atoms with van der Waals surface area (Å²) in [5.41, 5.74) is 2.78. The molecule has 0 atom stereocenters. The van der Waals surface area contributed by atoms with Crippen LogP contribution in [0.4, 0.5) is 0 Å². The maximum atomic E-state index is 13.8. The molecule has 5 rings (SSSR count). The quantitative estimate of drug-likeness (QED) is 0.408. The molecule has 0 radical (unpaired) electrons. The highest BCUT2D eigenvalue weighted by molar-refractivity contribution is 7.13. The van der Waals surface area contributed by atoms with Crippen LogP contribution in [0.1, 0.15) is 61.9 Å². The highest BCUT2D eigenvalue weighted by Gasteiger charge is 2.29. The van der Waals surface area contributed by atoms with E-state index in [4.69, 9.17) is 10.1 Å². The van der Waals surface area contributed by atoms with Gasteiger partial charge in [-0.1, -0.05) is 57.4 Å². The van der Waals surface area contributed by atoms with Crippen LogP contribution in [0.25, 0.3) is 21.5 Å². The molecule has 0 bridgehead atoms. The minimum absolute atomic E-state index is 0.0465. The number of para-hydroxylation sites is 1. The van der Waals surface area contributed by atoms with Gasteiger partial charge < -0.3 is 15.3 Å². The number of rotatable bonds is 8. The number of pyridine rings is 1. The summed E-state index contributed by atoms with van der Waals surface area (Å²) in [7, 11) is 0. The van der Waals surface area contributed by atoms with E-state index in [9.17, 15) is 14.4 Å². The average Bonchev–Trinajstić information content (AvgIpc) is 3.49. The number of thiophene rings is 1. The highest BCUT2D eigenvalue weighted by atomic mass is 32.1. The molecule has 208 valence electrons. The molecule has 9 heteroatoms. The number of aliphatic carboxylic acids is 1. The third kappa shape index (κ3) is 7.02. The number of carboxylic acids is 1. The van der Waals surface area contributed by atoms with Crippen molar-refractivity contribution < 1.29 is 19.5 Å². The molecule has 2 aromatic heterocycles. The molecular weight excluding hydrogens is 512 g/mol. The van der Waals surface area contributed by atoms with Crippen molar-refractivity contribution in [2.45, 2.75) is 52.5 Å². The average molecular weight is 551 g/mol. The molecule has 1 aromatic carbocycles. The van der Waals surface area contributed by atoms with Gasteiger partial charge in [0.1, 0.15) is 0 Å². The van der Waals surface area contributed by atoms with Crippen molar-refractivity contribution in [2.24, 2.45) is 5.92 Å². The largest absolute Gasteiger partial charge is 0.480 e. The van der Waals surface area contributed by atoms with Crippen LogP contribution in [0.5, 0.6) is 0 Å². The fourth-order valence-corrected chi connectivity index (χ4v) is 6.18. The predicted molar refractivity (Wildman–Crippen MR) is 155 cm³/mol. The molecule has 3 aromatic rings. The summed E-state index contributed by atoms with van der Waals surface area (Å²) >= 11 is 1.55. The van der Waals surface area contributed by atoms with Crippen LogP contribution < -0.4 is 5.32 Å². The zero-order chi connectivity index (χ0) is 27.8. The number of carbonyl (C=O) groups excluding carboxylic acids is 2. The SMILES string of the molecule is CC.O=C(O)CN1CCN(Cc2c(-c3cccs3)nc3ccccc3c2C(=O)NCC2CCCCC2)C(=O)C1. The lowest BCUT2D eigenvalue weighted by Gasteiger charge is -2.34. The highest BCUT2D eigenvalue weighted by Crippen LogP contribution is 2.34. The summed E-state index contributed by atoms with van der Waals surface area (Å²) in [5, 5.41) is 15.1. The zero-order valence-electron chi connectivity index (χ0n) is 22.8. The Kier molecular flexibility index (Phi) is 10.1. The first-order chi connectivity index (χ1) is 19.0. The van der Waals surface area contributed by atoms with Gasteiger partial charge in [-0.3, -0.25) is 19.3 Å². The third-order valence-electron chi connectivity index (χ3n) is 7.36. The minimum atomic E-state index is -0.947. The van der Waals surface area contributed by atoms with E-state index in [0.29, 0.717) is 31.1 Å². The van der Waals surface area contributed by atoms with Crippen molar-refractivity contribution in [3.05, 3.63) is 52.9 Å². The predicted octanol–water partition coefficient (Wildman–Crippen LogP) is 5.03. The van der Waals surface area contributed by atoms with Gasteiger partial charge >= 0.3 is 5.97 Å². The molecule has 1 saturated heterocycles. The molecule has 0 spiro atoms. The Labute approximate surface area is 234 Å². The maximum Gasteiger partial charge on any atom is 0.317 e. The first-order valence-electron chi connectivity index (χ1n) is 13.9. The number of nitrogens with zero attached hydrogens (tertiary/aromatic N) is 3. The number of benzene rings is 1. The molecule has 1 aliphatic carbocycles. The van der Waals surface area contributed by atoms with Gasteiger partial charge in [0, 0.05) is 37.1 Å². The van der Waals surface area contributed by atoms with Crippen LogP contribution in [-0.2, 0) is 16.1 Å². The summed E-state index contributed by atoms with van der Waals surface area (Å²) in [6.07, 6.45) is 5.96. The van der Waals surface area contributed by atoms with Crippen molar-refractivity contribution in [1.82, 2.24) is 20.1 Å². The Morgan fingerprint density at radius 3 is 2.54 bits per heavy atom. The summed E-state index contributed by atoms with van der Waals surface area (Å²) in [4.78, 5) is 47.3. The summed E-state index contributed by atoms with van der Waals surface area (Å²) < 4.78 is 0. The smallest absolute Gasteiger partial charge is 0.317 e. The number of hydrogen-bond donors (Lipinski definition) is 2. The Balaban J connectivity index is 0.00000172. The fourth-order valence-electron chi connectivity index (χ4n) is 5.44. The molecule has 2 fully saturated rings. The van der Waals surface area contributed by atoms with Crippen LogP contribution in [0, 0.1) is 5.92 Å². The Hall–Kier alpha value is -3.30. The molecule has 0 unspecified atom stereocenters. The minimum Gasteiger partial charge on any atom is -0.480 e. The monoisotopic (exact) mass is 550 g/mol. The van der Waals surface area contributed by atoms with Crippen molar-refractivity contribution >= 4 is 40.0 Å². The first kappa shape index (κ1) is 28.7. The van der Waals surface area contributed by atoms with Gasteiger partial charge in [-0.15, -0.1) is 11.3 Å². The van der Waals surface area contributed by atoms with Crippen LogP contribution in [0.15, 0.2) is 41.8 Å². The van der Waals surface area contributed by atoms with Crippen LogP contribution in [0.3, 0.4) is 0 Å². The second-order valence-corrected chi connectivity index (χ2v) is 10.9. The zero-order valence-corrected chi connectivity index (χ0v) is 23.6. The molecule has 2 N–H and O–H groups in total. The Morgan fingerprint density at radius 1 is 1.08 bits per heavy atom. The van der Waals surface area contributed by atoms with Gasteiger partial charge in [-0.05, 0) is 36.3 Å². The number of carboxylic acid groups (broad SMARTS) is 1. The summed E-state index contributed by atoms with van der Waals surface area (Å²) in [6, 6.07) is 11.6. The topological polar surface area (TPSA) is 103 Å². The van der Waals surface area contributed by atoms with Gasteiger partial charge in [0.2, 0.25) is 5.91 Å². The van der Waals surface area contributed by atoms with Crippen LogP contribution in [0.2, 0.25) is 0 Å². The standard InChI is InChI=1S/C28H32N4O4S.C2H6/c33-24-17-31(18-25(34)35)12-13-32(24)16-21-26(28(36)29-15-19-7-2-1-3-8-19)20-9-4-5-10-22(20)30-27(21)23-11-6-14-37-23;1-2/h4-6,9-11,14,19H,1-3,7-8,12-13,15-18H2,(H,29,36)(H,34,35);1-2H3.